The maximum Gasteiger partial charge on any atom is 0.341 e. The van der Waals surface area contributed by atoms with Crippen molar-refractivity contribution in [3.05, 3.63) is 62.1 Å². The van der Waals surface area contributed by atoms with E-state index in [1.165, 1.54) is 25.0 Å². The number of aromatic hydroxyl groups is 1. The second-order valence-electron chi connectivity index (χ2n) is 10.9. The normalized spacial score (nSPS) is 28.2. The molecule has 2 unspecified atom stereocenters. The zero-order chi connectivity index (χ0) is 26.8. The summed E-state index contributed by atoms with van der Waals surface area (Å²) in [6.45, 7) is 2.00. The molecule has 6 rings (SSSR count). The monoisotopic (exact) mass is 577 g/mol. The summed E-state index contributed by atoms with van der Waals surface area (Å²) < 4.78 is 17.1. The van der Waals surface area contributed by atoms with Crippen molar-refractivity contribution in [1.82, 2.24) is 4.90 Å². The predicted octanol–water partition coefficient (Wildman–Crippen LogP) is 6.21. The van der Waals surface area contributed by atoms with Gasteiger partial charge in [0, 0.05) is 41.6 Å². The maximum atomic E-state index is 13.6. The number of phenolic OH excluding ortho intramolecular Hbond substituents is 1. The van der Waals surface area contributed by atoms with Gasteiger partial charge in [0.05, 0.1) is 28.8 Å². The van der Waals surface area contributed by atoms with Crippen molar-refractivity contribution >= 4 is 40.8 Å². The number of esters is 1. The van der Waals surface area contributed by atoms with Gasteiger partial charge < -0.3 is 19.3 Å². The van der Waals surface area contributed by atoms with Crippen LogP contribution in [0.1, 0.15) is 36.8 Å². The number of fused-ring (bicyclic) bond motifs is 1. The molecule has 2 aromatic rings. The molecule has 2 aromatic carbocycles. The lowest BCUT2D eigenvalue weighted by Crippen LogP contribution is -2.62. The fraction of sp³-hybridized carbons (Fsp3) is 0.483. The van der Waals surface area contributed by atoms with Gasteiger partial charge in [-0.15, -0.1) is 0 Å². The number of methoxy groups -OCH3 is 2. The molecule has 4 aliphatic rings. The number of carbonyl (C=O) groups excluding carboxylic acids is 1. The molecule has 202 valence electrons. The third-order valence-electron chi connectivity index (χ3n) is 8.86. The van der Waals surface area contributed by atoms with Crippen molar-refractivity contribution in [3.63, 3.8) is 0 Å². The fourth-order valence-electron chi connectivity index (χ4n) is 6.95. The van der Waals surface area contributed by atoms with Gasteiger partial charge in [0.2, 0.25) is 0 Å². The van der Waals surface area contributed by atoms with Crippen molar-refractivity contribution in [2.24, 2.45) is 11.8 Å². The van der Waals surface area contributed by atoms with Gasteiger partial charge in [-0.3, -0.25) is 4.90 Å². The molecule has 1 N–H and O–H groups in total. The second kappa shape index (κ2) is 9.90. The van der Waals surface area contributed by atoms with E-state index in [-0.39, 0.29) is 33.5 Å². The molecule has 3 aliphatic carbocycles. The van der Waals surface area contributed by atoms with Gasteiger partial charge in [0.1, 0.15) is 0 Å². The van der Waals surface area contributed by atoms with Gasteiger partial charge in [-0.05, 0) is 68.3 Å². The molecule has 2 fully saturated rings. The zero-order valence-corrected chi connectivity index (χ0v) is 23.6. The number of benzene rings is 2. The highest BCUT2D eigenvalue weighted by Gasteiger charge is 2.58. The lowest BCUT2D eigenvalue weighted by Gasteiger charge is -2.58. The molecule has 1 saturated heterocycles. The summed E-state index contributed by atoms with van der Waals surface area (Å²) >= 11 is 18.7. The van der Waals surface area contributed by atoms with E-state index in [1.54, 1.807) is 14.2 Å². The summed E-state index contributed by atoms with van der Waals surface area (Å²) in [7, 11) is 3.17. The van der Waals surface area contributed by atoms with Crippen LogP contribution in [0.4, 0.5) is 0 Å². The molecule has 1 heterocycles. The topological polar surface area (TPSA) is 68.2 Å². The Balaban J connectivity index is 1.44. The number of hydrogen-bond donors (Lipinski definition) is 1. The van der Waals surface area contributed by atoms with Crippen LogP contribution in [0, 0.1) is 11.8 Å². The summed E-state index contributed by atoms with van der Waals surface area (Å²) in [6, 6.07) is 7.11. The van der Waals surface area contributed by atoms with Gasteiger partial charge in [0.25, 0.3) is 0 Å². The third-order valence-corrected chi connectivity index (χ3v) is 9.64. The molecule has 0 amide bonds. The molecule has 2 bridgehead atoms. The Hall–Kier alpha value is -1.96. The Labute approximate surface area is 237 Å². The van der Waals surface area contributed by atoms with Crippen molar-refractivity contribution in [2.45, 2.75) is 49.7 Å². The highest BCUT2D eigenvalue weighted by Crippen LogP contribution is 2.59. The minimum atomic E-state index is -0.551. The first-order valence-electron chi connectivity index (χ1n) is 13.0. The number of hydrogen-bond acceptors (Lipinski definition) is 6. The number of rotatable bonds is 6. The molecule has 4 atom stereocenters. The summed E-state index contributed by atoms with van der Waals surface area (Å²) in [5.41, 5.74) is 2.12. The number of carbonyl (C=O) groups is 1. The number of ether oxygens (including phenoxy) is 3. The summed E-state index contributed by atoms with van der Waals surface area (Å²) in [5, 5.41) is 12.1. The van der Waals surface area contributed by atoms with Crippen LogP contribution in [-0.2, 0) is 21.4 Å². The summed E-state index contributed by atoms with van der Waals surface area (Å²) in [4.78, 5) is 16.2. The van der Waals surface area contributed by atoms with Crippen LogP contribution in [0.3, 0.4) is 0 Å². The Kier molecular flexibility index (Phi) is 6.84. The van der Waals surface area contributed by atoms with Crippen LogP contribution in [0.5, 0.6) is 17.2 Å². The van der Waals surface area contributed by atoms with E-state index in [9.17, 15) is 9.90 Å². The Morgan fingerprint density at radius 3 is 2.55 bits per heavy atom. The molecule has 38 heavy (non-hydrogen) atoms. The lowest BCUT2D eigenvalue weighted by atomic mass is 9.52. The Morgan fingerprint density at radius 1 is 1.16 bits per heavy atom. The summed E-state index contributed by atoms with van der Waals surface area (Å²) in [6.07, 6.45) is 6.22. The van der Waals surface area contributed by atoms with Crippen LogP contribution in [0.2, 0.25) is 15.1 Å². The molecular weight excluding hydrogens is 549 g/mol. The Morgan fingerprint density at radius 2 is 1.89 bits per heavy atom. The first-order chi connectivity index (χ1) is 18.3. The van der Waals surface area contributed by atoms with Crippen LogP contribution in [0.15, 0.2) is 35.9 Å². The number of phenols is 1. The number of likely N-dealkylation sites (tertiary alicyclic amines) is 1. The minimum absolute atomic E-state index is 0.00869. The number of piperidine rings is 1. The van der Waals surface area contributed by atoms with Gasteiger partial charge >= 0.3 is 5.97 Å². The first kappa shape index (κ1) is 26.3. The maximum absolute atomic E-state index is 13.6. The molecule has 6 nitrogen and oxygen atoms in total. The molecule has 0 radical (unpaired) electrons. The van der Waals surface area contributed by atoms with E-state index in [4.69, 9.17) is 49.0 Å². The molecule has 0 aromatic heterocycles. The average molecular weight is 579 g/mol. The largest absolute Gasteiger partial charge is 0.504 e. The van der Waals surface area contributed by atoms with E-state index in [1.807, 2.05) is 12.1 Å². The standard InChI is InChI=1S/C29H30Cl3NO5/c1-36-23-6-5-16-9-22-19-12-18(28(35)38-27-20(31)10-17(30)11-21(27)32)24(37-2)13-29(19,25(16)26(23)34)7-8-33(22)14-15-3-4-15/h5-6,10-12,15,19,22,24,34H,3-4,7-9,13-14H2,1-2H3/t19?,22-,24?,29+/m1/s1. The lowest BCUT2D eigenvalue weighted by molar-refractivity contribution is -0.132. The quantitative estimate of drug-likeness (QED) is 0.325. The smallest absolute Gasteiger partial charge is 0.341 e. The molecule has 1 aliphatic heterocycles. The highest BCUT2D eigenvalue weighted by atomic mass is 35.5. The van der Waals surface area contributed by atoms with Crippen molar-refractivity contribution in [2.75, 3.05) is 27.3 Å². The van der Waals surface area contributed by atoms with Gasteiger partial charge in [-0.2, -0.15) is 0 Å². The average Bonchev–Trinajstić information content (AvgIpc) is 3.71. The molecule has 9 heteroatoms. The fourth-order valence-corrected chi connectivity index (χ4v) is 7.84. The van der Waals surface area contributed by atoms with Gasteiger partial charge in [-0.1, -0.05) is 46.9 Å². The molecule has 1 saturated carbocycles. The van der Waals surface area contributed by atoms with Crippen molar-refractivity contribution < 1.29 is 24.1 Å². The second-order valence-corrected chi connectivity index (χ2v) is 12.2. The zero-order valence-electron chi connectivity index (χ0n) is 21.3. The summed E-state index contributed by atoms with van der Waals surface area (Å²) in [5.74, 6) is 0.914. The Bertz CT molecular complexity index is 1300. The van der Waals surface area contributed by atoms with Crippen molar-refractivity contribution in [3.8, 4) is 17.2 Å². The van der Waals surface area contributed by atoms with E-state index < -0.39 is 17.5 Å². The SMILES string of the molecule is COc1ccc2c(c1O)[C@]13CCN(CC4CC4)[C@H](C2)C1C=C(C(=O)Oc1c(Cl)cc(Cl)cc1Cl)C(OC)C3. The van der Waals surface area contributed by atoms with Crippen LogP contribution in [0.25, 0.3) is 0 Å². The van der Waals surface area contributed by atoms with Crippen LogP contribution >= 0.6 is 34.8 Å². The van der Waals surface area contributed by atoms with Gasteiger partial charge in [0.15, 0.2) is 17.2 Å². The molecule has 0 spiro atoms. The van der Waals surface area contributed by atoms with E-state index in [0.29, 0.717) is 22.8 Å². The predicted molar refractivity (Wildman–Crippen MR) is 147 cm³/mol. The first-order valence-corrected chi connectivity index (χ1v) is 14.1. The number of halogens is 3. The minimum Gasteiger partial charge on any atom is -0.504 e. The van der Waals surface area contributed by atoms with E-state index in [0.717, 1.165) is 43.0 Å². The van der Waals surface area contributed by atoms with E-state index in [2.05, 4.69) is 11.0 Å². The van der Waals surface area contributed by atoms with Crippen LogP contribution in [-0.4, -0.2) is 55.4 Å². The van der Waals surface area contributed by atoms with E-state index >= 15 is 0 Å². The van der Waals surface area contributed by atoms with Crippen LogP contribution < -0.4 is 9.47 Å². The number of nitrogens with zero attached hydrogens (tertiary/aromatic N) is 1. The van der Waals surface area contributed by atoms with Crippen molar-refractivity contribution in [1.29, 1.82) is 0 Å². The van der Waals surface area contributed by atoms with Gasteiger partial charge in [-0.25, -0.2) is 4.79 Å². The molecular formula is C29H30Cl3NO5. The highest BCUT2D eigenvalue weighted by molar-refractivity contribution is 6.40. The third kappa shape index (κ3) is 4.29.